The fourth-order valence-corrected chi connectivity index (χ4v) is 2.95. The third kappa shape index (κ3) is 3.49. The van der Waals surface area contributed by atoms with Gasteiger partial charge in [0.05, 0.1) is 0 Å². The molecule has 0 spiro atoms. The number of halogens is 2. The summed E-state index contributed by atoms with van der Waals surface area (Å²) < 4.78 is 2.23. The van der Waals surface area contributed by atoms with Gasteiger partial charge in [-0.15, -0.1) is 0 Å². The van der Waals surface area contributed by atoms with Gasteiger partial charge in [-0.05, 0) is 53.4 Å². The highest BCUT2D eigenvalue weighted by Crippen LogP contribution is 2.35. The fourth-order valence-electron chi connectivity index (χ4n) is 1.78. The standard InChI is InChI=1S/C12H15Br2N/c1-8(6-9-2-3-9)15-12-5-4-10(13)7-11(12)14/h4-5,7-9,15H,2-3,6H2,1H3. The molecule has 1 atom stereocenters. The average molecular weight is 333 g/mol. The Hall–Kier alpha value is -0.0200. The molecule has 0 saturated heterocycles. The molecule has 1 fully saturated rings. The summed E-state index contributed by atoms with van der Waals surface area (Å²) in [4.78, 5) is 0. The van der Waals surface area contributed by atoms with Crippen molar-refractivity contribution in [3.63, 3.8) is 0 Å². The third-order valence-electron chi connectivity index (χ3n) is 2.72. The van der Waals surface area contributed by atoms with E-state index < -0.39 is 0 Å². The van der Waals surface area contributed by atoms with Gasteiger partial charge in [-0.3, -0.25) is 0 Å². The maximum absolute atomic E-state index is 3.56. The van der Waals surface area contributed by atoms with Gasteiger partial charge < -0.3 is 5.32 Å². The molecule has 1 nitrogen and oxygen atoms in total. The molecular weight excluding hydrogens is 318 g/mol. The lowest BCUT2D eigenvalue weighted by Gasteiger charge is -2.16. The third-order valence-corrected chi connectivity index (χ3v) is 3.87. The Labute approximate surface area is 108 Å². The van der Waals surface area contributed by atoms with E-state index >= 15 is 0 Å². The predicted molar refractivity (Wildman–Crippen MR) is 72.3 cm³/mol. The molecule has 1 aromatic rings. The molecule has 1 unspecified atom stereocenters. The monoisotopic (exact) mass is 331 g/mol. The van der Waals surface area contributed by atoms with Crippen LogP contribution in [0.2, 0.25) is 0 Å². The van der Waals surface area contributed by atoms with E-state index in [2.05, 4.69) is 62.3 Å². The van der Waals surface area contributed by atoms with Crippen molar-refractivity contribution in [1.29, 1.82) is 0 Å². The topological polar surface area (TPSA) is 12.0 Å². The van der Waals surface area contributed by atoms with E-state index in [-0.39, 0.29) is 0 Å². The minimum absolute atomic E-state index is 0.565. The van der Waals surface area contributed by atoms with Crippen LogP contribution in [0, 0.1) is 5.92 Å². The van der Waals surface area contributed by atoms with Gasteiger partial charge in [0.1, 0.15) is 0 Å². The quantitative estimate of drug-likeness (QED) is 0.834. The second kappa shape index (κ2) is 4.88. The largest absolute Gasteiger partial charge is 0.382 e. The van der Waals surface area contributed by atoms with Gasteiger partial charge in [-0.1, -0.05) is 28.8 Å². The Morgan fingerprint density at radius 2 is 2.13 bits per heavy atom. The molecule has 0 heterocycles. The SMILES string of the molecule is CC(CC1CC1)Nc1ccc(Br)cc1Br. The minimum Gasteiger partial charge on any atom is -0.382 e. The van der Waals surface area contributed by atoms with Gasteiger partial charge in [-0.25, -0.2) is 0 Å². The molecule has 0 aliphatic heterocycles. The Kier molecular flexibility index (Phi) is 3.73. The lowest BCUT2D eigenvalue weighted by molar-refractivity contribution is 0.642. The number of hydrogen-bond donors (Lipinski definition) is 1. The Balaban J connectivity index is 1.96. The van der Waals surface area contributed by atoms with Gasteiger partial charge in [0.25, 0.3) is 0 Å². The first-order chi connectivity index (χ1) is 7.15. The van der Waals surface area contributed by atoms with Crippen LogP contribution in [0.1, 0.15) is 26.2 Å². The van der Waals surface area contributed by atoms with Crippen molar-refractivity contribution >= 4 is 37.5 Å². The van der Waals surface area contributed by atoms with Crippen LogP contribution in [-0.4, -0.2) is 6.04 Å². The van der Waals surface area contributed by atoms with Crippen LogP contribution < -0.4 is 5.32 Å². The molecule has 0 amide bonds. The van der Waals surface area contributed by atoms with E-state index in [0.29, 0.717) is 6.04 Å². The van der Waals surface area contributed by atoms with E-state index in [4.69, 9.17) is 0 Å². The summed E-state index contributed by atoms with van der Waals surface area (Å²) in [5.74, 6) is 0.974. The van der Waals surface area contributed by atoms with E-state index in [1.807, 2.05) is 0 Å². The molecule has 1 aromatic carbocycles. The number of rotatable bonds is 4. The van der Waals surface area contributed by atoms with Gasteiger partial charge in [-0.2, -0.15) is 0 Å². The summed E-state index contributed by atoms with van der Waals surface area (Å²) >= 11 is 7.02. The smallest absolute Gasteiger partial charge is 0.0487 e. The van der Waals surface area contributed by atoms with Crippen molar-refractivity contribution in [3.05, 3.63) is 27.1 Å². The van der Waals surface area contributed by atoms with Crippen molar-refractivity contribution in [1.82, 2.24) is 0 Å². The van der Waals surface area contributed by atoms with E-state index in [9.17, 15) is 0 Å². The van der Waals surface area contributed by atoms with Crippen molar-refractivity contribution < 1.29 is 0 Å². The summed E-state index contributed by atoms with van der Waals surface area (Å²) in [5.41, 5.74) is 1.19. The first kappa shape index (κ1) is 11.5. The number of anilines is 1. The van der Waals surface area contributed by atoms with Crippen LogP contribution >= 0.6 is 31.9 Å². The normalized spacial score (nSPS) is 17.5. The molecule has 15 heavy (non-hydrogen) atoms. The van der Waals surface area contributed by atoms with Crippen LogP contribution in [0.5, 0.6) is 0 Å². The molecule has 82 valence electrons. The minimum atomic E-state index is 0.565. The highest BCUT2D eigenvalue weighted by molar-refractivity contribution is 9.11. The molecule has 3 heteroatoms. The summed E-state index contributed by atoms with van der Waals surface area (Å²) in [6, 6.07) is 6.82. The summed E-state index contributed by atoms with van der Waals surface area (Å²) in [6.07, 6.45) is 4.14. The van der Waals surface area contributed by atoms with Crippen LogP contribution in [-0.2, 0) is 0 Å². The second-order valence-electron chi connectivity index (χ2n) is 4.35. The number of hydrogen-bond acceptors (Lipinski definition) is 1. The van der Waals surface area contributed by atoms with Crippen molar-refractivity contribution in [2.75, 3.05) is 5.32 Å². The highest BCUT2D eigenvalue weighted by atomic mass is 79.9. The van der Waals surface area contributed by atoms with Gasteiger partial charge in [0.2, 0.25) is 0 Å². The first-order valence-corrected chi connectivity index (χ1v) is 6.95. The predicted octanol–water partition coefficient (Wildman–Crippen LogP) is 4.81. The Morgan fingerprint density at radius 1 is 1.40 bits per heavy atom. The fraction of sp³-hybridized carbons (Fsp3) is 0.500. The molecule has 0 bridgehead atoms. The summed E-state index contributed by atoms with van der Waals surface area (Å²) in [6.45, 7) is 2.26. The highest BCUT2D eigenvalue weighted by Gasteiger charge is 2.23. The molecule has 2 rings (SSSR count). The molecule has 1 N–H and O–H groups in total. The molecule has 0 radical (unpaired) electrons. The van der Waals surface area contributed by atoms with Gasteiger partial charge in [0, 0.05) is 20.7 Å². The molecule has 1 aliphatic rings. The zero-order valence-electron chi connectivity index (χ0n) is 8.76. The summed E-state index contributed by atoms with van der Waals surface area (Å²) in [5, 5.41) is 3.54. The molecule has 0 aromatic heterocycles. The second-order valence-corrected chi connectivity index (χ2v) is 6.12. The Morgan fingerprint density at radius 3 is 2.73 bits per heavy atom. The van der Waals surface area contributed by atoms with E-state index in [1.165, 1.54) is 24.9 Å². The Bertz CT molecular complexity index is 347. The summed E-state index contributed by atoms with van der Waals surface area (Å²) in [7, 11) is 0. The molecular formula is C12H15Br2N. The van der Waals surface area contributed by atoms with Crippen LogP contribution in [0.4, 0.5) is 5.69 Å². The van der Waals surface area contributed by atoms with E-state index in [1.54, 1.807) is 0 Å². The van der Waals surface area contributed by atoms with E-state index in [0.717, 1.165) is 14.9 Å². The maximum Gasteiger partial charge on any atom is 0.0487 e. The lowest BCUT2D eigenvalue weighted by Crippen LogP contribution is -2.15. The lowest BCUT2D eigenvalue weighted by atomic mass is 10.1. The average Bonchev–Trinajstić information content (AvgIpc) is 2.94. The van der Waals surface area contributed by atoms with Crippen molar-refractivity contribution in [2.45, 2.75) is 32.2 Å². The molecule has 1 saturated carbocycles. The van der Waals surface area contributed by atoms with Crippen LogP contribution in [0.15, 0.2) is 27.1 Å². The maximum atomic E-state index is 3.56. The van der Waals surface area contributed by atoms with Gasteiger partial charge in [0.15, 0.2) is 0 Å². The van der Waals surface area contributed by atoms with Crippen LogP contribution in [0.25, 0.3) is 0 Å². The molecule has 1 aliphatic carbocycles. The van der Waals surface area contributed by atoms with Crippen LogP contribution in [0.3, 0.4) is 0 Å². The van der Waals surface area contributed by atoms with Crippen molar-refractivity contribution in [3.8, 4) is 0 Å². The van der Waals surface area contributed by atoms with Gasteiger partial charge >= 0.3 is 0 Å². The number of benzene rings is 1. The van der Waals surface area contributed by atoms with Crippen molar-refractivity contribution in [2.24, 2.45) is 5.92 Å². The zero-order valence-corrected chi connectivity index (χ0v) is 11.9. The number of nitrogens with one attached hydrogen (secondary N) is 1. The first-order valence-electron chi connectivity index (χ1n) is 5.37. The zero-order chi connectivity index (χ0) is 10.8.